The fourth-order valence-corrected chi connectivity index (χ4v) is 2.49. The average molecular weight is 297 g/mol. The van der Waals surface area contributed by atoms with Crippen molar-refractivity contribution in [1.29, 1.82) is 0 Å². The Morgan fingerprint density at radius 1 is 1.55 bits per heavy atom. The highest BCUT2D eigenvalue weighted by Gasteiger charge is 2.21. The fourth-order valence-electron chi connectivity index (χ4n) is 2.26. The molecule has 1 saturated heterocycles. The second kappa shape index (κ2) is 7.50. The summed E-state index contributed by atoms with van der Waals surface area (Å²) in [5, 5.41) is 6.86. The molecule has 2 N–H and O–H groups in total. The predicted octanol–water partition coefficient (Wildman–Crippen LogP) is 2.14. The van der Waals surface area contributed by atoms with E-state index >= 15 is 0 Å². The van der Waals surface area contributed by atoms with Crippen molar-refractivity contribution < 1.29 is 9.53 Å². The quantitative estimate of drug-likeness (QED) is 0.791. The Balaban J connectivity index is 1.62. The van der Waals surface area contributed by atoms with Crippen molar-refractivity contribution in [2.45, 2.75) is 19.8 Å². The molecule has 0 aliphatic carbocycles. The molecule has 1 aromatic rings. The summed E-state index contributed by atoms with van der Waals surface area (Å²) in [7, 11) is 0. The first-order chi connectivity index (χ1) is 9.66. The SMILES string of the molecule is Cc1cc(Cl)ccc1OCCCNC(=O)C1CCNC1. The minimum absolute atomic E-state index is 0.134. The number of amides is 1. The van der Waals surface area contributed by atoms with Gasteiger partial charge in [0.25, 0.3) is 0 Å². The maximum absolute atomic E-state index is 11.8. The van der Waals surface area contributed by atoms with E-state index in [0.717, 1.165) is 37.2 Å². The third kappa shape index (κ3) is 4.39. The van der Waals surface area contributed by atoms with Crippen molar-refractivity contribution in [3.63, 3.8) is 0 Å². The lowest BCUT2D eigenvalue weighted by Gasteiger charge is -2.11. The number of hydrogen-bond acceptors (Lipinski definition) is 3. The van der Waals surface area contributed by atoms with Crippen LogP contribution in [0.15, 0.2) is 18.2 Å². The molecule has 20 heavy (non-hydrogen) atoms. The van der Waals surface area contributed by atoms with E-state index in [1.807, 2.05) is 25.1 Å². The monoisotopic (exact) mass is 296 g/mol. The molecular formula is C15H21ClN2O2. The molecule has 0 aromatic heterocycles. The van der Waals surface area contributed by atoms with Crippen LogP contribution in [-0.2, 0) is 4.79 Å². The summed E-state index contributed by atoms with van der Waals surface area (Å²) < 4.78 is 5.68. The summed E-state index contributed by atoms with van der Waals surface area (Å²) >= 11 is 5.89. The Labute approximate surface area is 124 Å². The Morgan fingerprint density at radius 3 is 3.10 bits per heavy atom. The van der Waals surface area contributed by atoms with Crippen LogP contribution in [0.2, 0.25) is 5.02 Å². The summed E-state index contributed by atoms with van der Waals surface area (Å²) in [6.45, 7) is 4.95. The maximum Gasteiger partial charge on any atom is 0.224 e. The second-order valence-electron chi connectivity index (χ2n) is 5.09. The minimum Gasteiger partial charge on any atom is -0.493 e. The van der Waals surface area contributed by atoms with Crippen LogP contribution in [0.4, 0.5) is 0 Å². The van der Waals surface area contributed by atoms with E-state index in [9.17, 15) is 4.79 Å². The molecule has 1 aromatic carbocycles. The number of nitrogens with one attached hydrogen (secondary N) is 2. The Kier molecular flexibility index (Phi) is 5.68. The topological polar surface area (TPSA) is 50.4 Å². The third-order valence-corrected chi connectivity index (χ3v) is 3.68. The van der Waals surface area contributed by atoms with Crippen LogP contribution in [0.25, 0.3) is 0 Å². The molecule has 0 spiro atoms. The Bertz CT molecular complexity index is 459. The van der Waals surface area contributed by atoms with Gasteiger partial charge >= 0.3 is 0 Å². The van der Waals surface area contributed by atoms with E-state index in [2.05, 4.69) is 10.6 Å². The molecule has 4 nitrogen and oxygen atoms in total. The fraction of sp³-hybridized carbons (Fsp3) is 0.533. The predicted molar refractivity (Wildman–Crippen MR) is 80.3 cm³/mol. The number of carbonyl (C=O) groups excluding carboxylic acids is 1. The number of benzene rings is 1. The van der Waals surface area contributed by atoms with E-state index < -0.39 is 0 Å². The molecule has 1 aliphatic rings. The van der Waals surface area contributed by atoms with Crippen LogP contribution in [0.5, 0.6) is 5.75 Å². The van der Waals surface area contributed by atoms with Crippen molar-refractivity contribution in [3.05, 3.63) is 28.8 Å². The highest BCUT2D eigenvalue weighted by Crippen LogP contribution is 2.21. The molecule has 1 unspecified atom stereocenters. The summed E-state index contributed by atoms with van der Waals surface area (Å²) in [5.41, 5.74) is 1.03. The van der Waals surface area contributed by atoms with E-state index in [4.69, 9.17) is 16.3 Å². The molecule has 1 amide bonds. The molecule has 1 atom stereocenters. The van der Waals surface area contributed by atoms with Crippen molar-refractivity contribution in [2.75, 3.05) is 26.2 Å². The van der Waals surface area contributed by atoms with Crippen molar-refractivity contribution in [2.24, 2.45) is 5.92 Å². The summed E-state index contributed by atoms with van der Waals surface area (Å²) in [6.07, 6.45) is 1.74. The van der Waals surface area contributed by atoms with Gasteiger partial charge in [-0.25, -0.2) is 0 Å². The summed E-state index contributed by atoms with van der Waals surface area (Å²) in [4.78, 5) is 11.8. The van der Waals surface area contributed by atoms with Crippen LogP contribution < -0.4 is 15.4 Å². The number of ether oxygens (including phenoxy) is 1. The van der Waals surface area contributed by atoms with E-state index in [0.29, 0.717) is 18.2 Å². The molecule has 5 heteroatoms. The van der Waals surface area contributed by atoms with Crippen LogP contribution in [0.3, 0.4) is 0 Å². The second-order valence-corrected chi connectivity index (χ2v) is 5.53. The van der Waals surface area contributed by atoms with Gasteiger partial charge in [-0.2, -0.15) is 0 Å². The van der Waals surface area contributed by atoms with Crippen LogP contribution >= 0.6 is 11.6 Å². The lowest BCUT2D eigenvalue weighted by atomic mass is 10.1. The van der Waals surface area contributed by atoms with Crippen LogP contribution in [0.1, 0.15) is 18.4 Å². The zero-order valence-corrected chi connectivity index (χ0v) is 12.5. The summed E-state index contributed by atoms with van der Waals surface area (Å²) in [6, 6.07) is 5.57. The number of rotatable bonds is 6. The molecule has 1 heterocycles. The van der Waals surface area contributed by atoms with Gasteiger partial charge in [0.1, 0.15) is 5.75 Å². The average Bonchev–Trinajstić information content (AvgIpc) is 2.94. The molecule has 0 saturated carbocycles. The van der Waals surface area contributed by atoms with Gasteiger partial charge in [-0.3, -0.25) is 4.79 Å². The standard InChI is InChI=1S/C15H21ClN2O2/c1-11-9-13(16)3-4-14(11)20-8-2-6-18-15(19)12-5-7-17-10-12/h3-4,9,12,17H,2,5-8,10H2,1H3,(H,18,19). The molecule has 1 fully saturated rings. The number of aryl methyl sites for hydroxylation is 1. The zero-order valence-electron chi connectivity index (χ0n) is 11.7. The van der Waals surface area contributed by atoms with E-state index in [-0.39, 0.29) is 11.8 Å². The molecule has 1 aliphatic heterocycles. The third-order valence-electron chi connectivity index (χ3n) is 3.45. The molecule has 0 bridgehead atoms. The maximum atomic E-state index is 11.8. The Morgan fingerprint density at radius 2 is 2.40 bits per heavy atom. The highest BCUT2D eigenvalue weighted by atomic mass is 35.5. The van der Waals surface area contributed by atoms with Crippen molar-refractivity contribution >= 4 is 17.5 Å². The largest absolute Gasteiger partial charge is 0.493 e. The lowest BCUT2D eigenvalue weighted by Crippen LogP contribution is -2.33. The normalized spacial score (nSPS) is 18.0. The number of halogens is 1. The molecule has 2 rings (SSSR count). The van der Waals surface area contributed by atoms with Gasteiger partial charge in [0.2, 0.25) is 5.91 Å². The summed E-state index contributed by atoms with van der Waals surface area (Å²) in [5.74, 6) is 1.13. The van der Waals surface area contributed by atoms with Crippen molar-refractivity contribution in [3.8, 4) is 5.75 Å². The van der Waals surface area contributed by atoms with Gasteiger partial charge in [-0.05, 0) is 50.1 Å². The minimum atomic E-state index is 0.134. The van der Waals surface area contributed by atoms with Crippen LogP contribution in [0, 0.1) is 12.8 Å². The first-order valence-electron chi connectivity index (χ1n) is 7.04. The Hall–Kier alpha value is -1.26. The van der Waals surface area contributed by atoms with Crippen molar-refractivity contribution in [1.82, 2.24) is 10.6 Å². The first-order valence-corrected chi connectivity index (χ1v) is 7.42. The zero-order chi connectivity index (χ0) is 14.4. The molecule has 0 radical (unpaired) electrons. The van der Waals surface area contributed by atoms with Gasteiger partial charge in [0.15, 0.2) is 0 Å². The lowest BCUT2D eigenvalue weighted by molar-refractivity contribution is -0.124. The smallest absolute Gasteiger partial charge is 0.224 e. The molecule has 110 valence electrons. The number of carbonyl (C=O) groups is 1. The van der Waals surface area contributed by atoms with E-state index in [1.165, 1.54) is 0 Å². The van der Waals surface area contributed by atoms with Gasteiger partial charge in [0, 0.05) is 18.1 Å². The van der Waals surface area contributed by atoms with Gasteiger partial charge in [0.05, 0.1) is 12.5 Å². The molecular weight excluding hydrogens is 276 g/mol. The highest BCUT2D eigenvalue weighted by molar-refractivity contribution is 6.30. The van der Waals surface area contributed by atoms with Crippen LogP contribution in [-0.4, -0.2) is 32.1 Å². The van der Waals surface area contributed by atoms with Gasteiger partial charge < -0.3 is 15.4 Å². The van der Waals surface area contributed by atoms with Gasteiger partial charge in [-0.1, -0.05) is 11.6 Å². The number of hydrogen-bond donors (Lipinski definition) is 2. The first kappa shape index (κ1) is 15.1. The van der Waals surface area contributed by atoms with E-state index in [1.54, 1.807) is 0 Å². The van der Waals surface area contributed by atoms with Gasteiger partial charge in [-0.15, -0.1) is 0 Å².